The van der Waals surface area contributed by atoms with Gasteiger partial charge in [-0.1, -0.05) is 0 Å². The molecule has 136 valence electrons. The maximum Gasteiger partial charge on any atom is 0.236 e. The number of carbonyl (C=O) groups is 2. The molecule has 6 nitrogen and oxygen atoms in total. The van der Waals surface area contributed by atoms with Gasteiger partial charge >= 0.3 is 0 Å². The van der Waals surface area contributed by atoms with Gasteiger partial charge in [-0.2, -0.15) is 0 Å². The highest BCUT2D eigenvalue weighted by molar-refractivity contribution is 5.78. The van der Waals surface area contributed by atoms with Crippen molar-refractivity contribution in [2.75, 3.05) is 32.7 Å². The lowest BCUT2D eigenvalue weighted by atomic mass is 10.0. The van der Waals surface area contributed by atoms with Crippen LogP contribution in [-0.4, -0.2) is 83.5 Å². The number of hydrogen-bond acceptors (Lipinski definition) is 4. The molecular weight excluding hydrogens is 306 g/mol. The summed E-state index contributed by atoms with van der Waals surface area (Å²) in [5.74, 6) is 0.378. The number of rotatable bonds is 3. The number of hydrogen-bond donors (Lipinski definition) is 0. The maximum absolute atomic E-state index is 12.8. The van der Waals surface area contributed by atoms with Gasteiger partial charge in [0.15, 0.2) is 0 Å². The fraction of sp³-hybridized carbons (Fsp3) is 0.889. The molecule has 0 aromatic carbocycles. The summed E-state index contributed by atoms with van der Waals surface area (Å²) in [6, 6.07) is 0.636. The van der Waals surface area contributed by atoms with Gasteiger partial charge < -0.3 is 14.5 Å². The van der Waals surface area contributed by atoms with Gasteiger partial charge in [0.25, 0.3) is 0 Å². The van der Waals surface area contributed by atoms with E-state index in [0.717, 1.165) is 38.8 Å². The summed E-state index contributed by atoms with van der Waals surface area (Å²) in [6.45, 7) is 9.40. The Bertz CT molecular complexity index is 474. The molecule has 0 N–H and O–H groups in total. The molecule has 0 aromatic rings. The molecule has 4 atom stereocenters. The van der Waals surface area contributed by atoms with Gasteiger partial charge in [0.05, 0.1) is 18.8 Å². The smallest absolute Gasteiger partial charge is 0.236 e. The van der Waals surface area contributed by atoms with E-state index in [9.17, 15) is 9.59 Å². The molecule has 3 aliphatic heterocycles. The first-order valence-corrected chi connectivity index (χ1v) is 9.40. The van der Waals surface area contributed by atoms with E-state index in [4.69, 9.17) is 4.74 Å². The monoisotopic (exact) mass is 337 g/mol. The summed E-state index contributed by atoms with van der Waals surface area (Å²) in [5.41, 5.74) is 0. The van der Waals surface area contributed by atoms with Crippen molar-refractivity contribution < 1.29 is 14.3 Å². The second-order valence-electron chi connectivity index (χ2n) is 7.66. The highest BCUT2D eigenvalue weighted by Gasteiger charge is 2.40. The summed E-state index contributed by atoms with van der Waals surface area (Å²) in [5, 5.41) is 0. The average Bonchev–Trinajstić information content (AvgIpc) is 3.14. The zero-order chi connectivity index (χ0) is 17.3. The van der Waals surface area contributed by atoms with E-state index in [1.807, 2.05) is 23.6 Å². The van der Waals surface area contributed by atoms with Crippen molar-refractivity contribution in [3.05, 3.63) is 0 Å². The molecule has 0 bridgehead atoms. The number of amides is 2. The van der Waals surface area contributed by atoms with E-state index >= 15 is 0 Å². The van der Waals surface area contributed by atoms with E-state index in [-0.39, 0.29) is 24.0 Å². The molecule has 4 unspecified atom stereocenters. The molecular formula is C18H31N3O3. The minimum Gasteiger partial charge on any atom is -0.372 e. The molecule has 3 rings (SSSR count). The van der Waals surface area contributed by atoms with Gasteiger partial charge in [0.1, 0.15) is 0 Å². The van der Waals surface area contributed by atoms with E-state index < -0.39 is 0 Å². The van der Waals surface area contributed by atoms with Crippen molar-refractivity contribution >= 4 is 11.8 Å². The van der Waals surface area contributed by atoms with Crippen LogP contribution in [0.1, 0.15) is 46.5 Å². The summed E-state index contributed by atoms with van der Waals surface area (Å²) in [7, 11) is 0. The zero-order valence-corrected chi connectivity index (χ0v) is 15.2. The van der Waals surface area contributed by atoms with Gasteiger partial charge in [-0.25, -0.2) is 0 Å². The first-order chi connectivity index (χ1) is 11.5. The summed E-state index contributed by atoms with van der Waals surface area (Å²) < 4.78 is 5.73. The summed E-state index contributed by atoms with van der Waals surface area (Å²) in [6.07, 6.45) is 4.58. The Morgan fingerprint density at radius 3 is 2.29 bits per heavy atom. The fourth-order valence-corrected chi connectivity index (χ4v) is 4.72. The predicted octanol–water partition coefficient (Wildman–Crippen LogP) is 1.10. The van der Waals surface area contributed by atoms with Gasteiger partial charge in [-0.15, -0.1) is 0 Å². The van der Waals surface area contributed by atoms with Crippen molar-refractivity contribution in [1.82, 2.24) is 14.7 Å². The van der Waals surface area contributed by atoms with Crippen molar-refractivity contribution in [3.8, 4) is 0 Å². The van der Waals surface area contributed by atoms with Gasteiger partial charge in [-0.05, 0) is 46.1 Å². The first-order valence-electron chi connectivity index (χ1n) is 9.40. The lowest BCUT2D eigenvalue weighted by molar-refractivity contribution is -0.144. The molecule has 0 radical (unpaired) electrons. The Balaban J connectivity index is 1.61. The molecule has 2 amide bonds. The SMILES string of the molecule is CC(=O)N1CCCC1C1CCCN1CC(=O)N1CC(C)OC(C)C1. The molecule has 3 heterocycles. The Hall–Kier alpha value is -1.14. The number of carbonyl (C=O) groups excluding carboxylic acids is 2. The molecule has 0 saturated carbocycles. The molecule has 3 aliphatic rings. The van der Waals surface area contributed by atoms with Crippen molar-refractivity contribution in [3.63, 3.8) is 0 Å². The van der Waals surface area contributed by atoms with Crippen LogP contribution in [0.2, 0.25) is 0 Å². The van der Waals surface area contributed by atoms with E-state index in [1.54, 1.807) is 6.92 Å². The van der Waals surface area contributed by atoms with E-state index in [2.05, 4.69) is 4.90 Å². The van der Waals surface area contributed by atoms with Gasteiger partial charge in [-0.3, -0.25) is 14.5 Å². The molecule has 6 heteroatoms. The Morgan fingerprint density at radius 1 is 1.00 bits per heavy atom. The van der Waals surface area contributed by atoms with Crippen LogP contribution in [0, 0.1) is 0 Å². The second kappa shape index (κ2) is 7.40. The van der Waals surface area contributed by atoms with Crippen LogP contribution in [0.15, 0.2) is 0 Å². The van der Waals surface area contributed by atoms with Crippen LogP contribution in [-0.2, 0) is 14.3 Å². The van der Waals surface area contributed by atoms with Crippen LogP contribution >= 0.6 is 0 Å². The van der Waals surface area contributed by atoms with Crippen LogP contribution < -0.4 is 0 Å². The second-order valence-corrected chi connectivity index (χ2v) is 7.66. The molecule has 3 fully saturated rings. The lowest BCUT2D eigenvalue weighted by Gasteiger charge is -2.38. The fourth-order valence-electron chi connectivity index (χ4n) is 4.72. The van der Waals surface area contributed by atoms with E-state index in [0.29, 0.717) is 31.7 Å². The minimum atomic E-state index is 0.107. The van der Waals surface area contributed by atoms with Gasteiger partial charge in [0.2, 0.25) is 11.8 Å². The van der Waals surface area contributed by atoms with Crippen LogP contribution in [0.3, 0.4) is 0 Å². The van der Waals surface area contributed by atoms with Crippen LogP contribution in [0.5, 0.6) is 0 Å². The zero-order valence-electron chi connectivity index (χ0n) is 15.2. The number of nitrogens with zero attached hydrogens (tertiary/aromatic N) is 3. The number of likely N-dealkylation sites (tertiary alicyclic amines) is 2. The largest absolute Gasteiger partial charge is 0.372 e. The van der Waals surface area contributed by atoms with Crippen molar-refractivity contribution in [1.29, 1.82) is 0 Å². The topological polar surface area (TPSA) is 53.1 Å². The number of ether oxygens (including phenoxy) is 1. The molecule has 0 spiro atoms. The summed E-state index contributed by atoms with van der Waals surface area (Å²) in [4.78, 5) is 30.9. The Morgan fingerprint density at radius 2 is 1.62 bits per heavy atom. The third-order valence-electron chi connectivity index (χ3n) is 5.67. The molecule has 24 heavy (non-hydrogen) atoms. The molecule has 0 aliphatic carbocycles. The highest BCUT2D eigenvalue weighted by Crippen LogP contribution is 2.30. The standard InChI is InChI=1S/C18H31N3O3/c1-13-10-20(11-14(2)24-13)18(23)12-19-8-4-6-16(19)17-7-5-9-21(17)15(3)22/h13-14,16-17H,4-12H2,1-3H3. The molecule has 0 aromatic heterocycles. The average molecular weight is 337 g/mol. The third-order valence-corrected chi connectivity index (χ3v) is 5.67. The first kappa shape index (κ1) is 17.7. The van der Waals surface area contributed by atoms with Gasteiger partial charge in [0, 0.05) is 38.6 Å². The lowest BCUT2D eigenvalue weighted by Crippen LogP contribution is -2.53. The minimum absolute atomic E-state index is 0.107. The highest BCUT2D eigenvalue weighted by atomic mass is 16.5. The van der Waals surface area contributed by atoms with Crippen molar-refractivity contribution in [2.45, 2.75) is 70.7 Å². The predicted molar refractivity (Wildman–Crippen MR) is 91.6 cm³/mol. The maximum atomic E-state index is 12.8. The normalized spacial score (nSPS) is 34.8. The number of morpholine rings is 1. The molecule has 3 saturated heterocycles. The Kier molecular flexibility index (Phi) is 5.45. The Labute approximate surface area is 145 Å². The quantitative estimate of drug-likeness (QED) is 0.774. The van der Waals surface area contributed by atoms with Crippen LogP contribution in [0.4, 0.5) is 0 Å². The van der Waals surface area contributed by atoms with Crippen LogP contribution in [0.25, 0.3) is 0 Å². The third kappa shape index (κ3) is 3.75. The van der Waals surface area contributed by atoms with E-state index in [1.165, 1.54) is 0 Å². The van der Waals surface area contributed by atoms with Crippen molar-refractivity contribution in [2.24, 2.45) is 0 Å². The summed E-state index contributed by atoms with van der Waals surface area (Å²) >= 11 is 0.